The Bertz CT molecular complexity index is 1220. The molecule has 0 aliphatic carbocycles. The van der Waals surface area contributed by atoms with Gasteiger partial charge in [0.25, 0.3) is 0 Å². The van der Waals surface area contributed by atoms with Gasteiger partial charge in [-0.3, -0.25) is 0 Å². The number of carbonyl (C=O) groups excluding carboxylic acids is 2. The van der Waals surface area contributed by atoms with Crippen LogP contribution in [0.2, 0.25) is 0 Å². The van der Waals surface area contributed by atoms with Crippen LogP contribution in [0.25, 0.3) is 0 Å². The molecule has 0 fully saturated rings. The van der Waals surface area contributed by atoms with Gasteiger partial charge in [0.1, 0.15) is 11.5 Å². The molecule has 0 saturated carbocycles. The average molecular weight is 512 g/mol. The van der Waals surface area contributed by atoms with Gasteiger partial charge in [0.05, 0.1) is 22.8 Å². The number of nitriles is 1. The van der Waals surface area contributed by atoms with Crippen LogP contribution in [-0.2, 0) is 6.42 Å². The maximum atomic E-state index is 12.7. The van der Waals surface area contributed by atoms with Gasteiger partial charge >= 0.3 is 11.9 Å². The number of nitrogens with zero attached hydrogens (tertiary/aromatic N) is 1. The second-order valence-electron chi connectivity index (χ2n) is 9.67. The number of benzene rings is 3. The first-order valence-electron chi connectivity index (χ1n) is 13.6. The topological polar surface area (TPSA) is 76.4 Å². The van der Waals surface area contributed by atoms with E-state index in [9.17, 15) is 9.59 Å². The van der Waals surface area contributed by atoms with E-state index in [0.29, 0.717) is 33.8 Å². The summed E-state index contributed by atoms with van der Waals surface area (Å²) in [7, 11) is 0. The van der Waals surface area contributed by atoms with Gasteiger partial charge in [-0.2, -0.15) is 5.26 Å². The molecule has 0 aliphatic rings. The number of hydrogen-bond donors (Lipinski definition) is 0. The SMILES string of the molecule is CCCCCCCCCCCc1ccc(C(=O)Oc2ccc(C(=O)Oc3ccc(C#N)cc3)cc2C)cc1. The van der Waals surface area contributed by atoms with Crippen LogP contribution < -0.4 is 9.47 Å². The fourth-order valence-electron chi connectivity index (χ4n) is 4.26. The van der Waals surface area contributed by atoms with E-state index in [2.05, 4.69) is 6.92 Å². The van der Waals surface area contributed by atoms with E-state index in [0.717, 1.165) is 12.8 Å². The zero-order chi connectivity index (χ0) is 27.2. The van der Waals surface area contributed by atoms with E-state index in [-0.39, 0.29) is 0 Å². The Morgan fingerprint density at radius 2 is 1.29 bits per heavy atom. The van der Waals surface area contributed by atoms with Crippen molar-refractivity contribution in [3.63, 3.8) is 0 Å². The summed E-state index contributed by atoms with van der Waals surface area (Å²) in [5, 5.41) is 8.88. The lowest BCUT2D eigenvalue weighted by atomic mass is 10.0. The zero-order valence-corrected chi connectivity index (χ0v) is 22.5. The van der Waals surface area contributed by atoms with Crippen LogP contribution in [0.3, 0.4) is 0 Å². The summed E-state index contributed by atoms with van der Waals surface area (Å²) < 4.78 is 11.0. The summed E-state index contributed by atoms with van der Waals surface area (Å²) in [5.74, 6) is -0.221. The normalized spacial score (nSPS) is 10.6. The van der Waals surface area contributed by atoms with Crippen molar-refractivity contribution in [2.75, 3.05) is 0 Å². The van der Waals surface area contributed by atoms with Gasteiger partial charge in [-0.05, 0) is 85.5 Å². The third-order valence-electron chi connectivity index (χ3n) is 6.57. The minimum Gasteiger partial charge on any atom is -0.423 e. The van der Waals surface area contributed by atoms with Crippen molar-refractivity contribution in [1.82, 2.24) is 0 Å². The van der Waals surface area contributed by atoms with Crippen LogP contribution in [-0.4, -0.2) is 11.9 Å². The van der Waals surface area contributed by atoms with Gasteiger partial charge in [0.15, 0.2) is 0 Å². The molecule has 38 heavy (non-hydrogen) atoms. The summed E-state index contributed by atoms with van der Waals surface area (Å²) in [6.07, 6.45) is 12.8. The van der Waals surface area contributed by atoms with Crippen LogP contribution in [0.1, 0.15) is 102 Å². The van der Waals surface area contributed by atoms with E-state index in [1.807, 2.05) is 30.3 Å². The molecule has 0 radical (unpaired) electrons. The van der Waals surface area contributed by atoms with Crippen molar-refractivity contribution in [2.45, 2.75) is 78.1 Å². The molecule has 0 unspecified atom stereocenters. The monoisotopic (exact) mass is 511 g/mol. The molecule has 0 aliphatic heterocycles. The number of hydrogen-bond acceptors (Lipinski definition) is 5. The average Bonchev–Trinajstić information content (AvgIpc) is 2.94. The molecule has 3 rings (SSSR count). The molecule has 0 N–H and O–H groups in total. The molecule has 0 heterocycles. The highest BCUT2D eigenvalue weighted by Gasteiger charge is 2.14. The maximum absolute atomic E-state index is 12.7. The van der Waals surface area contributed by atoms with E-state index >= 15 is 0 Å². The predicted octanol–water partition coefficient (Wildman–Crippen LogP) is 8.38. The molecule has 0 atom stereocenters. The lowest BCUT2D eigenvalue weighted by Gasteiger charge is -2.10. The molecule has 5 heteroatoms. The van der Waals surface area contributed by atoms with E-state index < -0.39 is 11.9 Å². The standard InChI is InChI=1S/C33H37NO4/c1-3-4-5-6-7-8-9-10-11-12-26-13-17-28(18-14-26)32(35)38-31-22-19-29(23-25(31)2)33(36)37-30-20-15-27(24-34)16-21-30/h13-23H,3-12H2,1-2H3. The van der Waals surface area contributed by atoms with Crippen LogP contribution in [0.15, 0.2) is 66.7 Å². The molecular weight excluding hydrogens is 474 g/mol. The predicted molar refractivity (Wildman–Crippen MR) is 150 cm³/mol. The molecule has 198 valence electrons. The quantitative estimate of drug-likeness (QED) is 0.123. The number of aryl methyl sites for hydroxylation is 2. The Balaban J connectivity index is 1.44. The highest BCUT2D eigenvalue weighted by Crippen LogP contribution is 2.22. The van der Waals surface area contributed by atoms with E-state index in [1.54, 1.807) is 49.4 Å². The van der Waals surface area contributed by atoms with Gasteiger partial charge in [0, 0.05) is 0 Å². The Kier molecular flexibility index (Phi) is 11.6. The zero-order valence-electron chi connectivity index (χ0n) is 22.5. The van der Waals surface area contributed by atoms with Crippen molar-refractivity contribution >= 4 is 11.9 Å². The number of rotatable bonds is 14. The Morgan fingerprint density at radius 3 is 1.89 bits per heavy atom. The Labute approximate surface area is 226 Å². The fraction of sp³-hybridized carbons (Fsp3) is 0.364. The molecule has 0 saturated heterocycles. The Hall–Kier alpha value is -3.91. The minimum atomic E-state index is -0.529. The van der Waals surface area contributed by atoms with Gasteiger partial charge in [0.2, 0.25) is 0 Å². The second-order valence-corrected chi connectivity index (χ2v) is 9.67. The highest BCUT2D eigenvalue weighted by atomic mass is 16.5. The highest BCUT2D eigenvalue weighted by molar-refractivity contribution is 5.93. The van der Waals surface area contributed by atoms with Gasteiger partial charge in [-0.15, -0.1) is 0 Å². The van der Waals surface area contributed by atoms with Crippen LogP contribution in [0, 0.1) is 18.3 Å². The first kappa shape index (κ1) is 28.7. The first-order valence-corrected chi connectivity index (χ1v) is 13.6. The summed E-state index contributed by atoms with van der Waals surface area (Å²) in [5.41, 5.74) is 3.19. The molecule has 0 bridgehead atoms. The van der Waals surface area contributed by atoms with Crippen molar-refractivity contribution in [1.29, 1.82) is 5.26 Å². The maximum Gasteiger partial charge on any atom is 0.343 e. The summed E-state index contributed by atoms with van der Waals surface area (Å²) in [4.78, 5) is 25.2. The molecule has 3 aromatic carbocycles. The molecular formula is C33H37NO4. The fourth-order valence-corrected chi connectivity index (χ4v) is 4.26. The number of esters is 2. The van der Waals surface area contributed by atoms with Crippen molar-refractivity contribution < 1.29 is 19.1 Å². The number of unbranched alkanes of at least 4 members (excludes halogenated alkanes) is 8. The molecule has 5 nitrogen and oxygen atoms in total. The van der Waals surface area contributed by atoms with Gasteiger partial charge < -0.3 is 9.47 Å². The first-order chi connectivity index (χ1) is 18.5. The lowest BCUT2D eigenvalue weighted by Crippen LogP contribution is -2.11. The van der Waals surface area contributed by atoms with Crippen molar-refractivity contribution in [2.24, 2.45) is 0 Å². The molecule has 3 aromatic rings. The third-order valence-corrected chi connectivity index (χ3v) is 6.57. The third kappa shape index (κ3) is 9.19. The number of carbonyl (C=O) groups is 2. The molecule has 0 spiro atoms. The smallest absolute Gasteiger partial charge is 0.343 e. The largest absolute Gasteiger partial charge is 0.423 e. The minimum absolute atomic E-state index is 0.340. The molecule has 0 amide bonds. The summed E-state index contributed by atoms with van der Waals surface area (Å²) >= 11 is 0. The Morgan fingerprint density at radius 1 is 0.711 bits per heavy atom. The summed E-state index contributed by atoms with van der Waals surface area (Å²) in [6, 6.07) is 20.7. The number of ether oxygens (including phenoxy) is 2. The van der Waals surface area contributed by atoms with Crippen LogP contribution in [0.4, 0.5) is 0 Å². The van der Waals surface area contributed by atoms with E-state index in [4.69, 9.17) is 14.7 Å². The van der Waals surface area contributed by atoms with Crippen LogP contribution >= 0.6 is 0 Å². The van der Waals surface area contributed by atoms with Crippen LogP contribution in [0.5, 0.6) is 11.5 Å². The molecule has 0 aromatic heterocycles. The summed E-state index contributed by atoms with van der Waals surface area (Å²) in [6.45, 7) is 4.02. The van der Waals surface area contributed by atoms with E-state index in [1.165, 1.54) is 56.9 Å². The van der Waals surface area contributed by atoms with Gasteiger partial charge in [-0.25, -0.2) is 9.59 Å². The lowest BCUT2D eigenvalue weighted by molar-refractivity contribution is 0.0730. The van der Waals surface area contributed by atoms with Gasteiger partial charge in [-0.1, -0.05) is 70.4 Å². The second kappa shape index (κ2) is 15.4. The van der Waals surface area contributed by atoms with Crippen molar-refractivity contribution in [3.8, 4) is 17.6 Å². The van der Waals surface area contributed by atoms with Crippen molar-refractivity contribution in [3.05, 3.63) is 94.5 Å².